The molecule has 8 nitrogen and oxygen atoms in total. The summed E-state index contributed by atoms with van der Waals surface area (Å²) < 4.78 is 22.1. The summed E-state index contributed by atoms with van der Waals surface area (Å²) in [6.45, 7) is 4.12. The quantitative estimate of drug-likeness (QED) is 0.0274. The third-order valence-corrected chi connectivity index (χ3v) is 11.2. The monoisotopic (exact) mass is 797 g/mol. The molecule has 0 aromatic carbocycles. The Hall–Kier alpha value is -1.28. The summed E-state index contributed by atoms with van der Waals surface area (Å²) in [5.41, 5.74) is 5.38. The van der Waals surface area contributed by atoms with Gasteiger partial charge in [0.2, 0.25) is 5.91 Å². The molecular formula is C46H89N2O6P. The third kappa shape index (κ3) is 40.7. The molecule has 0 spiro atoms. The summed E-state index contributed by atoms with van der Waals surface area (Å²) in [5, 5.41) is 13.7. The first-order valence-corrected chi connectivity index (χ1v) is 24.6. The van der Waals surface area contributed by atoms with Gasteiger partial charge in [-0.1, -0.05) is 192 Å². The van der Waals surface area contributed by atoms with Gasteiger partial charge in [-0.05, 0) is 57.8 Å². The first-order valence-electron chi connectivity index (χ1n) is 23.1. The van der Waals surface area contributed by atoms with E-state index in [9.17, 15) is 19.4 Å². The lowest BCUT2D eigenvalue weighted by atomic mass is 10.0. The Morgan fingerprint density at radius 1 is 0.582 bits per heavy atom. The molecule has 0 aliphatic rings. The van der Waals surface area contributed by atoms with E-state index in [2.05, 4.69) is 43.5 Å². The van der Waals surface area contributed by atoms with Crippen molar-refractivity contribution in [3.63, 3.8) is 0 Å². The van der Waals surface area contributed by atoms with Crippen LogP contribution in [0.5, 0.6) is 0 Å². The molecule has 0 aromatic heterocycles. The van der Waals surface area contributed by atoms with Gasteiger partial charge < -0.3 is 21.1 Å². The maximum Gasteiger partial charge on any atom is 0.472 e. The highest BCUT2D eigenvalue weighted by atomic mass is 31.2. The molecule has 1 amide bonds. The van der Waals surface area contributed by atoms with Gasteiger partial charge in [-0.15, -0.1) is 0 Å². The number of phosphoric acid groups is 1. The number of amides is 1. The molecular weight excluding hydrogens is 707 g/mol. The van der Waals surface area contributed by atoms with Gasteiger partial charge in [0.15, 0.2) is 0 Å². The lowest BCUT2D eigenvalue weighted by Crippen LogP contribution is -2.45. The van der Waals surface area contributed by atoms with Crippen LogP contribution < -0.4 is 11.1 Å². The summed E-state index contributed by atoms with van der Waals surface area (Å²) in [6.07, 6.45) is 50.5. The van der Waals surface area contributed by atoms with Crippen molar-refractivity contribution >= 4 is 13.7 Å². The van der Waals surface area contributed by atoms with Crippen LogP contribution >= 0.6 is 7.82 Å². The molecule has 0 aliphatic carbocycles. The van der Waals surface area contributed by atoms with E-state index < -0.39 is 20.0 Å². The maximum absolute atomic E-state index is 12.8. The number of hydrogen-bond acceptors (Lipinski definition) is 6. The van der Waals surface area contributed by atoms with E-state index in [1.807, 2.05) is 6.08 Å². The molecule has 0 aliphatic heterocycles. The summed E-state index contributed by atoms with van der Waals surface area (Å²) in [4.78, 5) is 22.7. The lowest BCUT2D eigenvalue weighted by Gasteiger charge is -2.23. The van der Waals surface area contributed by atoms with Gasteiger partial charge in [-0.3, -0.25) is 13.8 Å². The predicted octanol–water partition coefficient (Wildman–Crippen LogP) is 13.1. The number of unbranched alkanes of at least 4 members (excludes halogenated alkanes) is 27. The number of rotatable bonds is 43. The highest BCUT2D eigenvalue weighted by Gasteiger charge is 2.26. The Bertz CT molecular complexity index is 959. The van der Waals surface area contributed by atoms with Gasteiger partial charge >= 0.3 is 7.82 Å². The highest BCUT2D eigenvalue weighted by Crippen LogP contribution is 2.43. The number of nitrogens with two attached hydrogens (primary N) is 1. The zero-order valence-electron chi connectivity index (χ0n) is 35.9. The van der Waals surface area contributed by atoms with Gasteiger partial charge in [0.05, 0.1) is 25.4 Å². The van der Waals surface area contributed by atoms with Crippen molar-refractivity contribution < 1.29 is 28.4 Å². The van der Waals surface area contributed by atoms with Gasteiger partial charge in [0, 0.05) is 13.0 Å². The summed E-state index contributed by atoms with van der Waals surface area (Å²) in [7, 11) is -4.35. The first kappa shape index (κ1) is 53.7. The molecule has 0 rings (SSSR count). The number of aliphatic hydroxyl groups excluding tert-OH is 1. The van der Waals surface area contributed by atoms with Gasteiger partial charge in [-0.25, -0.2) is 4.57 Å². The van der Waals surface area contributed by atoms with Crippen LogP contribution in [0.4, 0.5) is 0 Å². The van der Waals surface area contributed by atoms with E-state index in [1.165, 1.54) is 161 Å². The topological polar surface area (TPSA) is 131 Å². The molecule has 324 valence electrons. The molecule has 0 bridgehead atoms. The van der Waals surface area contributed by atoms with Crippen molar-refractivity contribution in [2.75, 3.05) is 19.8 Å². The van der Waals surface area contributed by atoms with E-state index in [0.717, 1.165) is 38.5 Å². The normalized spacial score (nSPS) is 14.3. The average Bonchev–Trinajstić information content (AvgIpc) is 3.17. The summed E-state index contributed by atoms with van der Waals surface area (Å²) >= 11 is 0. The Kier molecular flexibility index (Phi) is 41.3. The molecule has 3 atom stereocenters. The zero-order valence-corrected chi connectivity index (χ0v) is 36.8. The standard InChI is InChI=1S/C46H89N2O6P/c1-3-5-7-9-11-13-15-17-19-21-22-24-25-27-29-31-33-35-37-39-45(49)44(43-54-55(51,52)53-42-41-47)48-46(50)40-38-36-34-32-30-28-26-23-20-18-16-14-12-10-8-6-4-2/h18,20,29,31,37,39,44-45,49H,3-17,19,21-28,30,32-36,38,40-43,47H2,1-2H3,(H,48,50)(H,51,52)/b20-18-,31-29+,39-37+. The van der Waals surface area contributed by atoms with Crippen LogP contribution in [0.2, 0.25) is 0 Å². The van der Waals surface area contributed by atoms with Crippen molar-refractivity contribution in [2.45, 2.75) is 231 Å². The van der Waals surface area contributed by atoms with Crippen molar-refractivity contribution in [3.05, 3.63) is 36.5 Å². The van der Waals surface area contributed by atoms with Crippen LogP contribution in [0.1, 0.15) is 219 Å². The fourth-order valence-corrected chi connectivity index (χ4v) is 7.43. The minimum Gasteiger partial charge on any atom is -0.387 e. The largest absolute Gasteiger partial charge is 0.472 e. The van der Waals surface area contributed by atoms with E-state index >= 15 is 0 Å². The molecule has 3 unspecified atom stereocenters. The highest BCUT2D eigenvalue weighted by molar-refractivity contribution is 7.47. The van der Waals surface area contributed by atoms with Crippen LogP contribution in [-0.2, 0) is 18.4 Å². The molecule has 0 aromatic rings. The third-order valence-electron chi connectivity index (χ3n) is 10.2. The second-order valence-electron chi connectivity index (χ2n) is 15.6. The SMILES string of the molecule is CCCCCCCC/C=C\CCCCCCCCCC(=O)NC(COP(=O)(O)OCCN)C(O)/C=C/CC/C=C/CCCCCCCCCCCCCCC. The number of carbonyl (C=O) groups is 1. The molecule has 0 saturated heterocycles. The van der Waals surface area contributed by atoms with Gasteiger partial charge in [0.25, 0.3) is 0 Å². The van der Waals surface area contributed by atoms with E-state index in [0.29, 0.717) is 6.42 Å². The van der Waals surface area contributed by atoms with Crippen LogP contribution in [0, 0.1) is 0 Å². The van der Waals surface area contributed by atoms with Crippen molar-refractivity contribution in [1.29, 1.82) is 0 Å². The average molecular weight is 797 g/mol. The Labute approximate surface area is 340 Å². The van der Waals surface area contributed by atoms with Crippen molar-refractivity contribution in [2.24, 2.45) is 5.73 Å². The second-order valence-corrected chi connectivity index (χ2v) is 17.1. The molecule has 0 radical (unpaired) electrons. The summed E-state index contributed by atoms with van der Waals surface area (Å²) in [6, 6.07) is -0.878. The van der Waals surface area contributed by atoms with E-state index in [1.54, 1.807) is 6.08 Å². The van der Waals surface area contributed by atoms with Gasteiger partial charge in [-0.2, -0.15) is 0 Å². The number of carbonyl (C=O) groups excluding carboxylic acids is 1. The fourth-order valence-electron chi connectivity index (χ4n) is 6.67. The molecule has 0 heterocycles. The predicted molar refractivity (Wildman–Crippen MR) is 235 cm³/mol. The maximum atomic E-state index is 12.8. The van der Waals surface area contributed by atoms with Crippen molar-refractivity contribution in [1.82, 2.24) is 5.32 Å². The Morgan fingerprint density at radius 2 is 0.964 bits per heavy atom. The summed E-state index contributed by atoms with van der Waals surface area (Å²) in [5.74, 6) is -0.208. The number of phosphoric ester groups is 1. The van der Waals surface area contributed by atoms with Crippen LogP contribution in [-0.4, -0.2) is 47.8 Å². The lowest BCUT2D eigenvalue weighted by molar-refractivity contribution is -0.123. The smallest absolute Gasteiger partial charge is 0.387 e. The van der Waals surface area contributed by atoms with Crippen LogP contribution in [0.25, 0.3) is 0 Å². The number of allylic oxidation sites excluding steroid dienone is 5. The molecule has 5 N–H and O–H groups in total. The minimum atomic E-state index is -4.35. The number of hydrogen-bond donors (Lipinski definition) is 4. The molecule has 9 heteroatoms. The zero-order chi connectivity index (χ0) is 40.3. The fraction of sp³-hybridized carbons (Fsp3) is 0.848. The molecule has 0 fully saturated rings. The van der Waals surface area contributed by atoms with Crippen molar-refractivity contribution in [3.8, 4) is 0 Å². The first-order chi connectivity index (χ1) is 26.9. The van der Waals surface area contributed by atoms with E-state index in [4.69, 9.17) is 14.8 Å². The molecule has 55 heavy (non-hydrogen) atoms. The second kappa shape index (κ2) is 42.3. The van der Waals surface area contributed by atoms with Crippen LogP contribution in [0.15, 0.2) is 36.5 Å². The Balaban J connectivity index is 4.23. The minimum absolute atomic E-state index is 0.0734. The van der Waals surface area contributed by atoms with Gasteiger partial charge in [0.1, 0.15) is 0 Å². The number of nitrogens with one attached hydrogen (secondary N) is 1. The number of aliphatic hydroxyl groups is 1. The Morgan fingerprint density at radius 3 is 1.40 bits per heavy atom. The molecule has 0 saturated carbocycles. The van der Waals surface area contributed by atoms with E-state index in [-0.39, 0.29) is 25.7 Å². The van der Waals surface area contributed by atoms with Crippen LogP contribution in [0.3, 0.4) is 0 Å².